The third kappa shape index (κ3) is 4.37. The van der Waals surface area contributed by atoms with Gasteiger partial charge in [-0.15, -0.1) is 0 Å². The SMILES string of the molecule is CCOC(=O)Cc1c(C)cccc1OCc1cn(C2CCOC2)c2ncc(Br)cc12. The van der Waals surface area contributed by atoms with Crippen LogP contribution in [0, 0.1) is 6.92 Å². The van der Waals surface area contributed by atoms with Gasteiger partial charge in [-0.3, -0.25) is 4.79 Å². The Morgan fingerprint density at radius 1 is 1.40 bits per heavy atom. The Hall–Kier alpha value is -2.38. The Kier molecular flexibility index (Phi) is 6.39. The van der Waals surface area contributed by atoms with Crippen molar-refractivity contribution in [3.63, 3.8) is 0 Å². The Morgan fingerprint density at radius 3 is 3.03 bits per heavy atom. The molecule has 0 saturated carbocycles. The zero-order valence-corrected chi connectivity index (χ0v) is 18.8. The summed E-state index contributed by atoms with van der Waals surface area (Å²) in [7, 11) is 0. The molecule has 1 fully saturated rings. The Morgan fingerprint density at radius 2 is 2.27 bits per heavy atom. The van der Waals surface area contributed by atoms with E-state index in [4.69, 9.17) is 14.2 Å². The highest BCUT2D eigenvalue weighted by molar-refractivity contribution is 9.10. The van der Waals surface area contributed by atoms with Gasteiger partial charge in [-0.2, -0.15) is 0 Å². The largest absolute Gasteiger partial charge is 0.489 e. The van der Waals surface area contributed by atoms with Crippen LogP contribution < -0.4 is 4.74 Å². The van der Waals surface area contributed by atoms with Crippen LogP contribution in [0.25, 0.3) is 11.0 Å². The van der Waals surface area contributed by atoms with Crippen LogP contribution in [0.3, 0.4) is 0 Å². The molecule has 0 aliphatic carbocycles. The van der Waals surface area contributed by atoms with Crippen molar-refractivity contribution >= 4 is 32.9 Å². The van der Waals surface area contributed by atoms with E-state index in [0.29, 0.717) is 25.6 Å². The second kappa shape index (κ2) is 9.18. The number of hydrogen-bond acceptors (Lipinski definition) is 5. The maximum Gasteiger partial charge on any atom is 0.310 e. The molecular weight excluding hydrogens is 448 g/mol. The number of esters is 1. The number of benzene rings is 1. The molecule has 0 bridgehead atoms. The molecule has 0 radical (unpaired) electrons. The molecular formula is C23H25BrN2O4. The number of halogens is 1. The molecule has 7 heteroatoms. The highest BCUT2D eigenvalue weighted by Crippen LogP contribution is 2.31. The summed E-state index contributed by atoms with van der Waals surface area (Å²) in [5, 5.41) is 1.05. The lowest BCUT2D eigenvalue weighted by Gasteiger charge is -2.13. The number of aromatic nitrogens is 2. The van der Waals surface area contributed by atoms with Crippen LogP contribution in [0.4, 0.5) is 0 Å². The van der Waals surface area contributed by atoms with Gasteiger partial charge in [0, 0.05) is 40.0 Å². The lowest BCUT2D eigenvalue weighted by atomic mass is 10.0. The van der Waals surface area contributed by atoms with Crippen molar-refractivity contribution in [3.8, 4) is 5.75 Å². The highest BCUT2D eigenvalue weighted by atomic mass is 79.9. The molecule has 30 heavy (non-hydrogen) atoms. The van der Waals surface area contributed by atoms with Crippen LogP contribution in [0.5, 0.6) is 5.75 Å². The minimum Gasteiger partial charge on any atom is -0.489 e. The van der Waals surface area contributed by atoms with Crippen LogP contribution in [0.2, 0.25) is 0 Å². The first-order valence-corrected chi connectivity index (χ1v) is 11.0. The third-order valence-corrected chi connectivity index (χ3v) is 5.83. The molecule has 4 rings (SSSR count). The highest BCUT2D eigenvalue weighted by Gasteiger charge is 2.22. The molecule has 0 spiro atoms. The summed E-state index contributed by atoms with van der Waals surface area (Å²) in [6.45, 7) is 6.01. The number of rotatable bonds is 7. The monoisotopic (exact) mass is 472 g/mol. The minimum atomic E-state index is -0.248. The summed E-state index contributed by atoms with van der Waals surface area (Å²) in [5.41, 5.74) is 3.86. The normalized spacial score (nSPS) is 16.2. The van der Waals surface area contributed by atoms with Gasteiger partial charge < -0.3 is 18.8 Å². The first kappa shape index (κ1) is 20.9. The minimum absolute atomic E-state index is 0.199. The van der Waals surface area contributed by atoms with Gasteiger partial charge in [-0.25, -0.2) is 4.98 Å². The summed E-state index contributed by atoms with van der Waals surface area (Å²) in [6, 6.07) is 8.18. The molecule has 6 nitrogen and oxygen atoms in total. The summed E-state index contributed by atoms with van der Waals surface area (Å²) in [6.07, 6.45) is 5.11. The van der Waals surface area contributed by atoms with Crippen LogP contribution in [-0.4, -0.2) is 35.3 Å². The molecule has 3 heterocycles. The summed E-state index contributed by atoms with van der Waals surface area (Å²) < 4.78 is 20.0. The molecule has 1 aliphatic heterocycles. The predicted molar refractivity (Wildman–Crippen MR) is 118 cm³/mol. The maximum absolute atomic E-state index is 12.0. The van der Waals surface area contributed by atoms with Gasteiger partial charge in [0.05, 0.1) is 25.7 Å². The van der Waals surface area contributed by atoms with Crippen LogP contribution in [-0.2, 0) is 27.3 Å². The van der Waals surface area contributed by atoms with E-state index in [1.807, 2.05) is 38.2 Å². The van der Waals surface area contributed by atoms with E-state index in [1.165, 1.54) is 0 Å². The zero-order chi connectivity index (χ0) is 21.1. The Bertz CT molecular complexity index is 1060. The molecule has 2 aromatic heterocycles. The number of aryl methyl sites for hydroxylation is 1. The number of carbonyl (C=O) groups excluding carboxylic acids is 1. The molecule has 1 unspecified atom stereocenters. The number of pyridine rings is 1. The number of ether oxygens (including phenoxy) is 3. The summed E-state index contributed by atoms with van der Waals surface area (Å²) in [4.78, 5) is 16.7. The lowest BCUT2D eigenvalue weighted by Crippen LogP contribution is -2.10. The fourth-order valence-corrected chi connectivity index (χ4v) is 4.19. The van der Waals surface area contributed by atoms with Crippen LogP contribution in [0.1, 0.15) is 36.1 Å². The fourth-order valence-electron chi connectivity index (χ4n) is 3.86. The van der Waals surface area contributed by atoms with Crippen molar-refractivity contribution < 1.29 is 19.0 Å². The smallest absolute Gasteiger partial charge is 0.310 e. The average Bonchev–Trinajstić information content (AvgIpc) is 3.36. The van der Waals surface area contributed by atoms with E-state index >= 15 is 0 Å². The van der Waals surface area contributed by atoms with Gasteiger partial charge in [0.25, 0.3) is 0 Å². The Labute approximate surface area is 184 Å². The standard InChI is InChI=1S/C23H25BrN2O4/c1-3-29-22(27)10-19-15(2)5-4-6-21(19)30-13-16-12-26(18-7-8-28-14-18)23-20(16)9-17(24)11-25-23/h4-6,9,11-12,18H,3,7-8,10,13-14H2,1-2H3. The van der Waals surface area contributed by atoms with E-state index in [2.05, 4.69) is 37.7 Å². The number of nitrogens with zero attached hydrogens (tertiary/aromatic N) is 2. The van der Waals surface area contributed by atoms with Crippen molar-refractivity contribution in [1.82, 2.24) is 9.55 Å². The van der Waals surface area contributed by atoms with Crippen molar-refractivity contribution in [3.05, 3.63) is 57.8 Å². The zero-order valence-electron chi connectivity index (χ0n) is 17.2. The van der Waals surface area contributed by atoms with Crippen molar-refractivity contribution in [2.45, 2.75) is 39.3 Å². The lowest BCUT2D eigenvalue weighted by molar-refractivity contribution is -0.142. The van der Waals surface area contributed by atoms with Crippen molar-refractivity contribution in [1.29, 1.82) is 0 Å². The van der Waals surface area contributed by atoms with Crippen molar-refractivity contribution in [2.24, 2.45) is 0 Å². The fraction of sp³-hybridized carbons (Fsp3) is 0.391. The average molecular weight is 473 g/mol. The molecule has 0 N–H and O–H groups in total. The maximum atomic E-state index is 12.0. The second-order valence-electron chi connectivity index (χ2n) is 7.43. The van der Waals surface area contributed by atoms with Gasteiger partial charge in [0.1, 0.15) is 18.0 Å². The quantitative estimate of drug-likeness (QED) is 0.464. The summed E-state index contributed by atoms with van der Waals surface area (Å²) in [5.74, 6) is 0.457. The number of carbonyl (C=O) groups is 1. The summed E-state index contributed by atoms with van der Waals surface area (Å²) >= 11 is 3.53. The van der Waals surface area contributed by atoms with E-state index in [0.717, 1.165) is 45.2 Å². The molecule has 0 amide bonds. The first-order valence-electron chi connectivity index (χ1n) is 10.2. The van der Waals surface area contributed by atoms with Gasteiger partial charge in [0.2, 0.25) is 0 Å². The predicted octanol–water partition coefficient (Wildman–Crippen LogP) is 4.75. The van der Waals surface area contributed by atoms with Gasteiger partial charge in [0.15, 0.2) is 0 Å². The van der Waals surface area contributed by atoms with Gasteiger partial charge >= 0.3 is 5.97 Å². The first-order chi connectivity index (χ1) is 14.6. The second-order valence-corrected chi connectivity index (χ2v) is 8.34. The molecule has 1 aliphatic rings. The molecule has 1 aromatic carbocycles. The topological polar surface area (TPSA) is 62.6 Å². The van der Waals surface area contributed by atoms with E-state index in [1.54, 1.807) is 0 Å². The number of hydrogen-bond donors (Lipinski definition) is 0. The number of fused-ring (bicyclic) bond motifs is 1. The van der Waals surface area contributed by atoms with E-state index < -0.39 is 0 Å². The van der Waals surface area contributed by atoms with Crippen molar-refractivity contribution in [2.75, 3.05) is 19.8 Å². The van der Waals surface area contributed by atoms with Crippen LogP contribution >= 0.6 is 15.9 Å². The third-order valence-electron chi connectivity index (χ3n) is 5.39. The van der Waals surface area contributed by atoms with Crippen LogP contribution in [0.15, 0.2) is 41.1 Å². The molecule has 1 saturated heterocycles. The Balaban J connectivity index is 1.62. The van der Waals surface area contributed by atoms with Gasteiger partial charge in [-0.05, 0) is 53.9 Å². The molecule has 3 aromatic rings. The van der Waals surface area contributed by atoms with Gasteiger partial charge in [-0.1, -0.05) is 12.1 Å². The van der Waals surface area contributed by atoms with E-state index in [-0.39, 0.29) is 18.4 Å². The van der Waals surface area contributed by atoms with E-state index in [9.17, 15) is 4.79 Å². The molecule has 1 atom stereocenters. The molecule has 158 valence electrons.